The van der Waals surface area contributed by atoms with Gasteiger partial charge in [0.1, 0.15) is 0 Å². The maximum absolute atomic E-state index is 5.28. The Morgan fingerprint density at radius 1 is 1.11 bits per heavy atom. The summed E-state index contributed by atoms with van der Waals surface area (Å²) >= 11 is 3.36. The lowest BCUT2D eigenvalue weighted by atomic mass is 10.1. The predicted molar refractivity (Wildman–Crippen MR) is 69.9 cm³/mol. The molecular formula is C13H9BrN2O2. The molecule has 4 nitrogen and oxygen atoms in total. The fourth-order valence-corrected chi connectivity index (χ4v) is 1.95. The molecule has 0 fully saturated rings. The van der Waals surface area contributed by atoms with Crippen LogP contribution in [0.5, 0.6) is 0 Å². The molecule has 0 spiro atoms. The summed E-state index contributed by atoms with van der Waals surface area (Å²) in [6, 6.07) is 9.72. The number of hydrogen-bond donors (Lipinski definition) is 0. The molecule has 5 heteroatoms. The molecule has 0 radical (unpaired) electrons. The van der Waals surface area contributed by atoms with Gasteiger partial charge >= 0.3 is 0 Å². The SMILES string of the molecule is Cc1ccc(-c2noc(-c3occc3Br)n2)cc1. The minimum atomic E-state index is 0.363. The third-order valence-electron chi connectivity index (χ3n) is 2.55. The van der Waals surface area contributed by atoms with Crippen molar-refractivity contribution in [2.75, 3.05) is 0 Å². The highest BCUT2D eigenvalue weighted by Crippen LogP contribution is 2.29. The molecule has 0 amide bonds. The molecule has 2 heterocycles. The first kappa shape index (κ1) is 11.2. The first-order valence-corrected chi connectivity index (χ1v) is 6.17. The van der Waals surface area contributed by atoms with Gasteiger partial charge in [-0.05, 0) is 28.9 Å². The van der Waals surface area contributed by atoms with Crippen molar-refractivity contribution < 1.29 is 8.94 Å². The lowest BCUT2D eigenvalue weighted by Crippen LogP contribution is -1.81. The van der Waals surface area contributed by atoms with Gasteiger partial charge in [-0.2, -0.15) is 4.98 Å². The minimum Gasteiger partial charge on any atom is -0.458 e. The average molecular weight is 305 g/mol. The van der Waals surface area contributed by atoms with E-state index in [0.717, 1.165) is 10.0 Å². The van der Waals surface area contributed by atoms with E-state index in [1.54, 1.807) is 12.3 Å². The highest BCUT2D eigenvalue weighted by atomic mass is 79.9. The second-order valence-corrected chi connectivity index (χ2v) is 4.74. The Labute approximate surface area is 112 Å². The molecule has 3 aromatic rings. The smallest absolute Gasteiger partial charge is 0.295 e. The van der Waals surface area contributed by atoms with Crippen LogP contribution in [-0.2, 0) is 0 Å². The van der Waals surface area contributed by atoms with E-state index in [1.807, 2.05) is 31.2 Å². The van der Waals surface area contributed by atoms with Crippen LogP contribution >= 0.6 is 15.9 Å². The lowest BCUT2D eigenvalue weighted by Gasteiger charge is -1.94. The van der Waals surface area contributed by atoms with Crippen LogP contribution in [0.1, 0.15) is 5.56 Å². The topological polar surface area (TPSA) is 52.1 Å². The summed E-state index contributed by atoms with van der Waals surface area (Å²) in [4.78, 5) is 4.31. The predicted octanol–water partition coefficient (Wildman–Crippen LogP) is 4.07. The van der Waals surface area contributed by atoms with Crippen LogP contribution in [0.15, 0.2) is 50.0 Å². The fourth-order valence-electron chi connectivity index (χ4n) is 1.58. The molecule has 1 aromatic carbocycles. The highest BCUT2D eigenvalue weighted by Gasteiger charge is 2.15. The van der Waals surface area contributed by atoms with Crippen molar-refractivity contribution in [1.82, 2.24) is 10.1 Å². The van der Waals surface area contributed by atoms with Crippen LogP contribution in [0.4, 0.5) is 0 Å². The molecule has 0 aliphatic carbocycles. The molecular weight excluding hydrogens is 296 g/mol. The van der Waals surface area contributed by atoms with Crippen molar-refractivity contribution in [3.8, 4) is 23.0 Å². The van der Waals surface area contributed by atoms with Gasteiger partial charge in [0, 0.05) is 5.56 Å². The number of aryl methyl sites for hydroxylation is 1. The summed E-state index contributed by atoms with van der Waals surface area (Å²) in [7, 11) is 0. The number of hydrogen-bond acceptors (Lipinski definition) is 4. The molecule has 0 bridgehead atoms. The summed E-state index contributed by atoms with van der Waals surface area (Å²) in [6.45, 7) is 2.03. The van der Waals surface area contributed by atoms with Crippen LogP contribution in [0, 0.1) is 6.92 Å². The molecule has 0 saturated heterocycles. The van der Waals surface area contributed by atoms with Gasteiger partial charge in [0.25, 0.3) is 5.89 Å². The van der Waals surface area contributed by atoms with Crippen LogP contribution in [0.2, 0.25) is 0 Å². The highest BCUT2D eigenvalue weighted by molar-refractivity contribution is 9.10. The molecule has 90 valence electrons. The van der Waals surface area contributed by atoms with E-state index in [1.165, 1.54) is 5.56 Å². The fraction of sp³-hybridized carbons (Fsp3) is 0.0769. The summed E-state index contributed by atoms with van der Waals surface area (Å²) in [6.07, 6.45) is 1.56. The van der Waals surface area contributed by atoms with E-state index in [9.17, 15) is 0 Å². The molecule has 2 aromatic heterocycles. The van der Waals surface area contributed by atoms with Crippen LogP contribution < -0.4 is 0 Å². The van der Waals surface area contributed by atoms with Crippen LogP contribution in [-0.4, -0.2) is 10.1 Å². The molecule has 0 atom stereocenters. The van der Waals surface area contributed by atoms with E-state index in [4.69, 9.17) is 8.94 Å². The number of halogens is 1. The Morgan fingerprint density at radius 3 is 2.56 bits per heavy atom. The van der Waals surface area contributed by atoms with Crippen molar-refractivity contribution in [3.05, 3.63) is 46.6 Å². The number of benzene rings is 1. The van der Waals surface area contributed by atoms with Crippen LogP contribution in [0.3, 0.4) is 0 Å². The largest absolute Gasteiger partial charge is 0.458 e. The summed E-state index contributed by atoms with van der Waals surface area (Å²) in [5, 5.41) is 3.95. The Morgan fingerprint density at radius 2 is 1.89 bits per heavy atom. The van der Waals surface area contributed by atoms with Gasteiger partial charge in [0.2, 0.25) is 11.6 Å². The summed E-state index contributed by atoms with van der Waals surface area (Å²) in [5.41, 5.74) is 2.11. The zero-order chi connectivity index (χ0) is 12.5. The van der Waals surface area contributed by atoms with Gasteiger partial charge in [-0.15, -0.1) is 0 Å². The quantitative estimate of drug-likeness (QED) is 0.716. The van der Waals surface area contributed by atoms with E-state index >= 15 is 0 Å². The number of nitrogens with zero attached hydrogens (tertiary/aromatic N) is 2. The van der Waals surface area contributed by atoms with Crippen LogP contribution in [0.25, 0.3) is 23.0 Å². The molecule has 0 unspecified atom stereocenters. The minimum absolute atomic E-state index is 0.363. The van der Waals surface area contributed by atoms with Gasteiger partial charge in [-0.3, -0.25) is 0 Å². The Bertz CT molecular complexity index is 670. The first-order chi connectivity index (χ1) is 8.74. The van der Waals surface area contributed by atoms with Crippen molar-refractivity contribution in [2.24, 2.45) is 0 Å². The van der Waals surface area contributed by atoms with Crippen molar-refractivity contribution in [1.29, 1.82) is 0 Å². The average Bonchev–Trinajstić information content (AvgIpc) is 2.98. The second kappa shape index (κ2) is 4.42. The van der Waals surface area contributed by atoms with Gasteiger partial charge in [0.05, 0.1) is 10.7 Å². The zero-order valence-electron chi connectivity index (χ0n) is 9.55. The molecule has 0 saturated carbocycles. The third kappa shape index (κ3) is 1.97. The molecule has 3 rings (SSSR count). The van der Waals surface area contributed by atoms with Gasteiger partial charge < -0.3 is 8.94 Å². The number of aromatic nitrogens is 2. The van der Waals surface area contributed by atoms with E-state index < -0.39 is 0 Å². The van der Waals surface area contributed by atoms with E-state index in [0.29, 0.717) is 17.5 Å². The molecule has 18 heavy (non-hydrogen) atoms. The summed E-state index contributed by atoms with van der Waals surface area (Å²) < 4.78 is 11.3. The standard InChI is InChI=1S/C13H9BrN2O2/c1-8-2-4-9(5-3-8)12-15-13(18-16-12)11-10(14)6-7-17-11/h2-7H,1H3. The Kier molecular flexibility index (Phi) is 2.76. The first-order valence-electron chi connectivity index (χ1n) is 5.38. The maximum Gasteiger partial charge on any atom is 0.295 e. The lowest BCUT2D eigenvalue weighted by molar-refractivity contribution is 0.416. The van der Waals surface area contributed by atoms with Gasteiger partial charge in [-0.25, -0.2) is 0 Å². The Hall–Kier alpha value is -1.88. The van der Waals surface area contributed by atoms with Crippen molar-refractivity contribution in [2.45, 2.75) is 6.92 Å². The third-order valence-corrected chi connectivity index (χ3v) is 3.17. The van der Waals surface area contributed by atoms with Crippen molar-refractivity contribution >= 4 is 15.9 Å². The second-order valence-electron chi connectivity index (χ2n) is 3.89. The maximum atomic E-state index is 5.28. The van der Waals surface area contributed by atoms with E-state index in [2.05, 4.69) is 26.1 Å². The summed E-state index contributed by atoms with van der Waals surface area (Å²) in [5.74, 6) is 1.46. The molecule has 0 aliphatic rings. The molecule has 0 N–H and O–H groups in total. The van der Waals surface area contributed by atoms with Gasteiger partial charge in [-0.1, -0.05) is 35.0 Å². The monoisotopic (exact) mass is 304 g/mol. The van der Waals surface area contributed by atoms with Crippen molar-refractivity contribution in [3.63, 3.8) is 0 Å². The normalized spacial score (nSPS) is 10.8. The number of furan rings is 1. The van der Waals surface area contributed by atoms with Gasteiger partial charge in [0.15, 0.2) is 0 Å². The zero-order valence-corrected chi connectivity index (χ0v) is 11.1. The number of rotatable bonds is 2. The Balaban J connectivity index is 1.99. The van der Waals surface area contributed by atoms with E-state index in [-0.39, 0.29) is 0 Å². The molecule has 0 aliphatic heterocycles.